The van der Waals surface area contributed by atoms with E-state index in [1.807, 2.05) is 5.32 Å². The second-order valence-electron chi connectivity index (χ2n) is 3.22. The predicted molar refractivity (Wildman–Crippen MR) is 55.8 cm³/mol. The van der Waals surface area contributed by atoms with Crippen molar-refractivity contribution in [1.82, 2.24) is 5.32 Å². The smallest absolute Gasteiger partial charge is 0.451 e. The zero-order chi connectivity index (χ0) is 13.9. The Labute approximate surface area is 96.3 Å². The van der Waals surface area contributed by atoms with Gasteiger partial charge in [-0.1, -0.05) is 0 Å². The van der Waals surface area contributed by atoms with Gasteiger partial charge in [0.1, 0.15) is 0 Å². The Morgan fingerprint density at radius 2 is 1.76 bits per heavy atom. The van der Waals surface area contributed by atoms with Crippen LogP contribution in [0.4, 0.5) is 4.79 Å². The van der Waals surface area contributed by atoms with Gasteiger partial charge in [-0.2, -0.15) is 14.7 Å². The lowest BCUT2D eigenvalue weighted by Gasteiger charge is -2.26. The minimum absolute atomic E-state index is 0.280. The highest BCUT2D eigenvalue weighted by Crippen LogP contribution is 2.73. The highest BCUT2D eigenvalue weighted by molar-refractivity contribution is 7.75. The molecule has 0 saturated heterocycles. The summed E-state index contributed by atoms with van der Waals surface area (Å²) in [5.74, 6) is 0. The molecule has 0 aromatic carbocycles. The van der Waals surface area contributed by atoms with E-state index in [9.17, 15) is 14.5 Å². The van der Waals surface area contributed by atoms with Crippen molar-refractivity contribution in [1.29, 1.82) is 0 Å². The molecule has 0 aliphatic heterocycles. The molecule has 0 aromatic heterocycles. The molecular weight excluding hydrogens is 280 g/mol. The lowest BCUT2D eigenvalue weighted by molar-refractivity contribution is 0.107. The molecule has 12 heteroatoms. The van der Waals surface area contributed by atoms with Gasteiger partial charge in [0.05, 0.1) is 0 Å². The second-order valence-corrected chi connectivity index (χ2v) is 7.28. The minimum atomic E-state index is -5.39. The summed E-state index contributed by atoms with van der Waals surface area (Å²) in [7, 11) is -10.6. The first kappa shape index (κ1) is 16.7. The maximum absolute atomic E-state index is 10.9. The summed E-state index contributed by atoms with van der Waals surface area (Å²) in [5.41, 5.74) is 0. The van der Waals surface area contributed by atoms with Gasteiger partial charge in [0.15, 0.2) is 0 Å². The summed E-state index contributed by atoms with van der Waals surface area (Å²) in [6, 6.07) is 0. The SMILES string of the molecule is O=C(O)NCCCC(O)(P(=O)(O)O)[P+](O)(O)O. The number of carboxylic acid groups (broad SMARTS) is 1. The van der Waals surface area contributed by atoms with Gasteiger partial charge in [0.2, 0.25) is 0 Å². The van der Waals surface area contributed by atoms with Crippen LogP contribution in [0.15, 0.2) is 0 Å². The predicted octanol–water partition coefficient (Wildman–Crippen LogP) is -1.40. The highest BCUT2D eigenvalue weighted by atomic mass is 31.3. The number of carbonyl (C=O) groups is 1. The number of hydrogen-bond donors (Lipinski definition) is 8. The van der Waals surface area contributed by atoms with Crippen LogP contribution in [0.2, 0.25) is 0 Å². The van der Waals surface area contributed by atoms with Crippen LogP contribution in [0.1, 0.15) is 12.8 Å². The fourth-order valence-electron chi connectivity index (χ4n) is 0.991. The molecule has 0 heterocycles. The molecule has 0 aromatic rings. The normalized spacial score (nSPS) is 16.4. The molecule has 10 nitrogen and oxygen atoms in total. The number of aliphatic hydroxyl groups is 1. The molecule has 0 fully saturated rings. The Morgan fingerprint density at radius 1 is 1.29 bits per heavy atom. The molecular formula is C5H14NO9P2+. The molecule has 8 N–H and O–H groups in total. The van der Waals surface area contributed by atoms with Crippen molar-refractivity contribution >= 4 is 21.6 Å². The van der Waals surface area contributed by atoms with Gasteiger partial charge in [0.25, 0.3) is 0 Å². The quantitative estimate of drug-likeness (QED) is 0.215. The minimum Gasteiger partial charge on any atom is -0.465 e. The zero-order valence-electron chi connectivity index (χ0n) is 8.46. The van der Waals surface area contributed by atoms with Crippen LogP contribution in [-0.4, -0.2) is 52.4 Å². The van der Waals surface area contributed by atoms with E-state index in [1.165, 1.54) is 0 Å². The summed E-state index contributed by atoms with van der Waals surface area (Å²) in [5, 5.41) is 16.1. The number of amides is 1. The van der Waals surface area contributed by atoms with E-state index in [4.69, 9.17) is 29.6 Å². The molecule has 0 spiro atoms. The second kappa shape index (κ2) is 5.55. The molecule has 0 bridgehead atoms. The van der Waals surface area contributed by atoms with Crippen LogP contribution < -0.4 is 5.32 Å². The van der Waals surface area contributed by atoms with Crippen molar-refractivity contribution in [2.75, 3.05) is 6.54 Å². The van der Waals surface area contributed by atoms with Gasteiger partial charge in [-0.3, -0.25) is 4.57 Å². The first-order valence-corrected chi connectivity index (χ1v) is 7.50. The number of hydrogen-bond acceptors (Lipinski definition) is 6. The van der Waals surface area contributed by atoms with Crippen LogP contribution in [0.3, 0.4) is 0 Å². The third kappa shape index (κ3) is 4.46. The van der Waals surface area contributed by atoms with E-state index < -0.39 is 33.1 Å². The monoisotopic (exact) mass is 294 g/mol. The van der Waals surface area contributed by atoms with Crippen molar-refractivity contribution in [2.24, 2.45) is 0 Å². The molecule has 1 amide bonds. The standard InChI is InChI=1S/C5H13NO9P2/c7-4(8)6-3-1-2-5(9,16(10,11)12)17(13,14)15/h6,9-12H,1-3H2,(H2-,7,8,13,14,15)/p+1. The summed E-state index contributed by atoms with van der Waals surface area (Å²) < 4.78 is 10.9. The zero-order valence-corrected chi connectivity index (χ0v) is 10.3. The maximum atomic E-state index is 10.9. The fraction of sp³-hybridized carbons (Fsp3) is 0.800. The number of nitrogens with one attached hydrogen (secondary N) is 1. The van der Waals surface area contributed by atoms with Gasteiger partial charge in [0, 0.05) is 13.0 Å². The molecule has 17 heavy (non-hydrogen) atoms. The Hall–Kier alpha value is -0.310. The average Bonchev–Trinajstić information content (AvgIpc) is 2.07. The molecule has 0 aliphatic carbocycles. The Morgan fingerprint density at radius 3 is 2.06 bits per heavy atom. The summed E-state index contributed by atoms with van der Waals surface area (Å²) in [6.07, 6.45) is -2.57. The largest absolute Gasteiger partial charge is 0.465 e. The van der Waals surface area contributed by atoms with Gasteiger partial charge < -0.3 is 25.3 Å². The summed E-state index contributed by atoms with van der Waals surface area (Å²) in [4.78, 5) is 54.0. The van der Waals surface area contributed by atoms with E-state index in [-0.39, 0.29) is 13.0 Å². The Balaban J connectivity index is 4.66. The molecule has 102 valence electrons. The van der Waals surface area contributed by atoms with Gasteiger partial charge in [-0.25, -0.2) is 4.79 Å². The van der Waals surface area contributed by atoms with Gasteiger partial charge in [-0.05, 0) is 6.42 Å². The van der Waals surface area contributed by atoms with Crippen molar-refractivity contribution in [3.63, 3.8) is 0 Å². The molecule has 0 saturated carbocycles. The van der Waals surface area contributed by atoms with E-state index in [0.717, 1.165) is 0 Å². The van der Waals surface area contributed by atoms with E-state index >= 15 is 0 Å². The van der Waals surface area contributed by atoms with E-state index in [2.05, 4.69) is 0 Å². The molecule has 0 radical (unpaired) electrons. The highest BCUT2D eigenvalue weighted by Gasteiger charge is 2.69. The summed E-state index contributed by atoms with van der Waals surface area (Å²) in [6.45, 7) is -0.280. The van der Waals surface area contributed by atoms with Gasteiger partial charge >= 0.3 is 26.7 Å². The van der Waals surface area contributed by atoms with Crippen LogP contribution in [-0.2, 0) is 4.57 Å². The fourth-order valence-corrected chi connectivity index (χ4v) is 3.30. The van der Waals surface area contributed by atoms with Crippen LogP contribution in [0, 0.1) is 0 Å². The molecule has 1 atom stereocenters. The topological polar surface area (TPSA) is 188 Å². The van der Waals surface area contributed by atoms with Crippen molar-refractivity contribution in [2.45, 2.75) is 17.9 Å². The van der Waals surface area contributed by atoms with Crippen molar-refractivity contribution in [3.05, 3.63) is 0 Å². The average molecular weight is 294 g/mol. The van der Waals surface area contributed by atoms with Crippen LogP contribution >= 0.6 is 15.5 Å². The third-order valence-corrected chi connectivity index (χ3v) is 5.84. The first-order valence-electron chi connectivity index (χ1n) is 4.24. The molecule has 1 unspecified atom stereocenters. The van der Waals surface area contributed by atoms with Gasteiger partial charge in [-0.15, -0.1) is 0 Å². The van der Waals surface area contributed by atoms with Crippen molar-refractivity contribution < 1.29 is 44.0 Å². The first-order chi connectivity index (χ1) is 7.42. The Kier molecular flexibility index (Phi) is 5.45. The molecule has 0 rings (SSSR count). The summed E-state index contributed by atoms with van der Waals surface area (Å²) >= 11 is 0. The number of rotatable bonds is 6. The Bertz CT molecular complexity index is 322. The van der Waals surface area contributed by atoms with Crippen LogP contribution in [0.5, 0.6) is 0 Å². The van der Waals surface area contributed by atoms with E-state index in [1.54, 1.807) is 0 Å². The van der Waals surface area contributed by atoms with E-state index in [0.29, 0.717) is 0 Å². The van der Waals surface area contributed by atoms with Crippen LogP contribution in [0.25, 0.3) is 0 Å². The third-order valence-electron chi connectivity index (χ3n) is 1.91. The lowest BCUT2D eigenvalue weighted by atomic mass is 10.3. The maximum Gasteiger partial charge on any atom is 0.451 e. The van der Waals surface area contributed by atoms with Crippen molar-refractivity contribution in [3.8, 4) is 0 Å². The lowest BCUT2D eigenvalue weighted by Crippen LogP contribution is -2.33. The molecule has 0 aliphatic rings.